The molecule has 1 heterocycles. The molecule has 0 aliphatic heterocycles. The minimum atomic E-state index is -4.75. The molecule has 0 aliphatic rings. The largest absolute Gasteiger partial charge is 0.417 e. The van der Waals surface area contributed by atoms with Gasteiger partial charge in [0.15, 0.2) is 5.78 Å². The molecule has 3 aromatic rings. The van der Waals surface area contributed by atoms with E-state index in [-0.39, 0.29) is 20.5 Å². The Morgan fingerprint density at radius 3 is 2.19 bits per heavy atom. The smallest absolute Gasteiger partial charge is 0.288 e. The SMILES string of the molecule is O=C(C=C(c1cc(Cl)cc(Cl)c1)C(F)(F)F)c1cc2cc(Cl)ccc2s1. The van der Waals surface area contributed by atoms with Gasteiger partial charge in [-0.15, -0.1) is 11.3 Å². The van der Waals surface area contributed by atoms with Gasteiger partial charge in [-0.25, -0.2) is 0 Å². The normalized spacial score (nSPS) is 12.6. The first-order valence-electron chi connectivity index (χ1n) is 7.12. The summed E-state index contributed by atoms with van der Waals surface area (Å²) in [5, 5.41) is 1.27. The first kappa shape index (κ1) is 19.2. The maximum atomic E-state index is 13.5. The van der Waals surface area contributed by atoms with Crippen LogP contribution >= 0.6 is 46.1 Å². The number of rotatable bonds is 3. The molecular formula is C18H8Cl3F3OS. The maximum Gasteiger partial charge on any atom is 0.417 e. The third-order valence-electron chi connectivity index (χ3n) is 3.48. The molecule has 0 saturated carbocycles. The predicted octanol–water partition coefficient (Wildman–Crippen LogP) is 7.69. The van der Waals surface area contributed by atoms with E-state index in [0.717, 1.165) is 28.2 Å². The van der Waals surface area contributed by atoms with E-state index in [1.807, 2.05) is 0 Å². The Morgan fingerprint density at radius 1 is 0.923 bits per heavy atom. The number of ketones is 1. The van der Waals surface area contributed by atoms with E-state index in [1.54, 1.807) is 18.2 Å². The number of hydrogen-bond acceptors (Lipinski definition) is 2. The lowest BCUT2D eigenvalue weighted by molar-refractivity contribution is -0.0689. The summed E-state index contributed by atoms with van der Waals surface area (Å²) < 4.78 is 41.2. The third-order valence-corrected chi connectivity index (χ3v) is 5.28. The van der Waals surface area contributed by atoms with Gasteiger partial charge in [-0.05, 0) is 59.5 Å². The summed E-state index contributed by atoms with van der Waals surface area (Å²) in [6, 6.07) is 10.1. The summed E-state index contributed by atoms with van der Waals surface area (Å²) in [5.74, 6) is -0.759. The fraction of sp³-hybridized carbons (Fsp3) is 0.0556. The zero-order valence-corrected chi connectivity index (χ0v) is 15.8. The molecule has 0 radical (unpaired) electrons. The molecule has 0 spiro atoms. The summed E-state index contributed by atoms with van der Waals surface area (Å²) in [6.45, 7) is 0. The number of thiophene rings is 1. The molecule has 1 nitrogen and oxygen atoms in total. The van der Waals surface area contributed by atoms with E-state index < -0.39 is 17.5 Å². The lowest BCUT2D eigenvalue weighted by Gasteiger charge is -2.12. The van der Waals surface area contributed by atoms with Gasteiger partial charge in [0.25, 0.3) is 0 Å². The Hall–Kier alpha value is -1.53. The zero-order chi connectivity index (χ0) is 19.1. The minimum Gasteiger partial charge on any atom is -0.288 e. The molecule has 0 unspecified atom stereocenters. The van der Waals surface area contributed by atoms with Crippen LogP contribution in [0.15, 0.2) is 48.5 Å². The van der Waals surface area contributed by atoms with Crippen molar-refractivity contribution in [2.45, 2.75) is 6.18 Å². The van der Waals surface area contributed by atoms with E-state index in [1.165, 1.54) is 12.1 Å². The number of carbonyl (C=O) groups is 1. The Morgan fingerprint density at radius 2 is 1.58 bits per heavy atom. The van der Waals surface area contributed by atoms with Gasteiger partial charge in [-0.3, -0.25) is 4.79 Å². The van der Waals surface area contributed by atoms with Crippen LogP contribution < -0.4 is 0 Å². The second-order valence-corrected chi connectivity index (χ2v) is 7.76. The molecule has 3 rings (SSSR count). The van der Waals surface area contributed by atoms with E-state index in [0.29, 0.717) is 16.5 Å². The summed E-state index contributed by atoms with van der Waals surface area (Å²) in [7, 11) is 0. The van der Waals surface area contributed by atoms with Crippen molar-refractivity contribution in [1.82, 2.24) is 0 Å². The molecule has 1 aromatic heterocycles. The zero-order valence-electron chi connectivity index (χ0n) is 12.7. The number of hydrogen-bond donors (Lipinski definition) is 0. The Labute approximate surface area is 165 Å². The lowest BCUT2D eigenvalue weighted by Crippen LogP contribution is -2.12. The first-order chi connectivity index (χ1) is 12.1. The molecule has 0 bridgehead atoms. The van der Waals surface area contributed by atoms with Gasteiger partial charge in [-0.1, -0.05) is 34.8 Å². The highest BCUT2D eigenvalue weighted by Gasteiger charge is 2.35. The van der Waals surface area contributed by atoms with Crippen molar-refractivity contribution >= 4 is 67.6 Å². The van der Waals surface area contributed by atoms with E-state index in [9.17, 15) is 18.0 Å². The number of benzene rings is 2. The van der Waals surface area contributed by atoms with Crippen molar-refractivity contribution in [1.29, 1.82) is 0 Å². The molecule has 0 fully saturated rings. The van der Waals surface area contributed by atoms with Crippen molar-refractivity contribution in [2.24, 2.45) is 0 Å². The predicted molar refractivity (Wildman–Crippen MR) is 102 cm³/mol. The summed E-state index contributed by atoms with van der Waals surface area (Å²) in [6.07, 6.45) is -4.18. The van der Waals surface area contributed by atoms with Crippen LogP contribution in [0.2, 0.25) is 15.1 Å². The molecule has 134 valence electrons. The highest BCUT2D eigenvalue weighted by molar-refractivity contribution is 7.21. The molecule has 2 aromatic carbocycles. The summed E-state index contributed by atoms with van der Waals surface area (Å²) >= 11 is 18.6. The number of fused-ring (bicyclic) bond motifs is 1. The molecule has 0 saturated heterocycles. The fourth-order valence-corrected chi connectivity index (χ4v) is 4.04. The molecule has 26 heavy (non-hydrogen) atoms. The monoisotopic (exact) mass is 434 g/mol. The number of halogens is 6. The molecule has 8 heteroatoms. The standard InChI is InChI=1S/C18H8Cl3F3OS/c19-11-1-2-16-10(5-11)6-17(26-16)15(25)8-14(18(22,23)24)9-3-12(20)7-13(21)4-9/h1-8H. The first-order valence-corrected chi connectivity index (χ1v) is 9.07. The Balaban J connectivity index is 2.07. The van der Waals surface area contributed by atoms with Crippen LogP contribution in [0.25, 0.3) is 15.7 Å². The van der Waals surface area contributed by atoms with E-state index >= 15 is 0 Å². The van der Waals surface area contributed by atoms with Crippen molar-refractivity contribution in [3.63, 3.8) is 0 Å². The number of allylic oxidation sites excluding steroid dienone is 2. The quantitative estimate of drug-likeness (QED) is 0.304. The van der Waals surface area contributed by atoms with Crippen LogP contribution in [0, 0.1) is 0 Å². The summed E-state index contributed by atoms with van der Waals surface area (Å²) in [4.78, 5) is 12.6. The molecule has 0 atom stereocenters. The average molecular weight is 436 g/mol. The molecule has 0 aliphatic carbocycles. The van der Waals surface area contributed by atoms with Gasteiger partial charge in [0, 0.05) is 19.8 Å². The topological polar surface area (TPSA) is 17.1 Å². The van der Waals surface area contributed by atoms with Crippen molar-refractivity contribution in [3.8, 4) is 0 Å². The minimum absolute atomic E-state index is 0.0478. The maximum absolute atomic E-state index is 13.5. The number of alkyl halides is 3. The van der Waals surface area contributed by atoms with Gasteiger partial charge in [0.2, 0.25) is 0 Å². The van der Waals surface area contributed by atoms with Crippen LogP contribution in [0.1, 0.15) is 15.2 Å². The lowest BCUT2D eigenvalue weighted by atomic mass is 10.0. The van der Waals surface area contributed by atoms with Crippen LogP contribution in [-0.2, 0) is 0 Å². The third kappa shape index (κ3) is 4.23. The van der Waals surface area contributed by atoms with Crippen LogP contribution in [-0.4, -0.2) is 12.0 Å². The highest BCUT2D eigenvalue weighted by atomic mass is 35.5. The van der Waals surface area contributed by atoms with Gasteiger partial charge >= 0.3 is 6.18 Å². The van der Waals surface area contributed by atoms with Crippen LogP contribution in [0.4, 0.5) is 13.2 Å². The molecule has 0 N–H and O–H groups in total. The van der Waals surface area contributed by atoms with Gasteiger partial charge in [0.1, 0.15) is 0 Å². The molecular weight excluding hydrogens is 428 g/mol. The van der Waals surface area contributed by atoms with Gasteiger partial charge in [-0.2, -0.15) is 13.2 Å². The second-order valence-electron chi connectivity index (χ2n) is 5.37. The Kier molecular flexibility index (Phi) is 5.35. The molecule has 0 amide bonds. The fourth-order valence-electron chi connectivity index (χ4n) is 2.38. The van der Waals surface area contributed by atoms with Crippen LogP contribution in [0.3, 0.4) is 0 Å². The van der Waals surface area contributed by atoms with Crippen molar-refractivity contribution in [2.75, 3.05) is 0 Å². The van der Waals surface area contributed by atoms with Crippen LogP contribution in [0.5, 0.6) is 0 Å². The van der Waals surface area contributed by atoms with Gasteiger partial charge < -0.3 is 0 Å². The number of carbonyl (C=O) groups excluding carboxylic acids is 1. The second kappa shape index (κ2) is 7.24. The van der Waals surface area contributed by atoms with Crippen molar-refractivity contribution < 1.29 is 18.0 Å². The van der Waals surface area contributed by atoms with Crippen molar-refractivity contribution in [3.05, 3.63) is 74.0 Å². The van der Waals surface area contributed by atoms with E-state index in [4.69, 9.17) is 34.8 Å². The summed E-state index contributed by atoms with van der Waals surface area (Å²) in [5.41, 5.74) is -1.38. The Bertz CT molecular complexity index is 1020. The highest BCUT2D eigenvalue weighted by Crippen LogP contribution is 2.37. The average Bonchev–Trinajstić information content (AvgIpc) is 2.93. The van der Waals surface area contributed by atoms with Gasteiger partial charge in [0.05, 0.1) is 10.5 Å². The van der Waals surface area contributed by atoms with E-state index in [2.05, 4.69) is 0 Å².